The van der Waals surface area contributed by atoms with Crippen LogP contribution in [0, 0.1) is 12.7 Å². The second-order valence-electron chi connectivity index (χ2n) is 6.19. The molecule has 0 aliphatic rings. The number of aryl methyl sites for hydroxylation is 1. The van der Waals surface area contributed by atoms with Crippen molar-refractivity contribution in [3.8, 4) is 11.1 Å². The van der Waals surface area contributed by atoms with E-state index in [-0.39, 0.29) is 30.0 Å². The number of hydrogen-bond donors (Lipinski definition) is 2. The number of H-pyrrole nitrogens is 1. The van der Waals surface area contributed by atoms with Crippen LogP contribution in [0.1, 0.15) is 39.2 Å². The summed E-state index contributed by atoms with van der Waals surface area (Å²) in [6.07, 6.45) is 1.45. The monoisotopic (exact) mass is 398 g/mol. The zero-order valence-corrected chi connectivity index (χ0v) is 15.9. The molecule has 0 spiro atoms. The first kappa shape index (κ1) is 20.1. The van der Waals surface area contributed by atoms with E-state index < -0.39 is 23.5 Å². The number of ketones is 1. The zero-order valence-electron chi connectivity index (χ0n) is 15.9. The van der Waals surface area contributed by atoms with E-state index >= 15 is 0 Å². The first-order valence-corrected chi connectivity index (χ1v) is 8.92. The van der Waals surface area contributed by atoms with Crippen molar-refractivity contribution in [3.05, 3.63) is 71.2 Å². The van der Waals surface area contributed by atoms with Crippen LogP contribution in [0.25, 0.3) is 11.1 Å². The number of ether oxygens (including phenoxy) is 1. The van der Waals surface area contributed by atoms with Crippen molar-refractivity contribution in [2.24, 2.45) is 0 Å². The predicted molar refractivity (Wildman–Crippen MR) is 102 cm³/mol. The number of hydrogen-bond acceptors (Lipinski definition) is 5. The fourth-order valence-electron chi connectivity index (χ4n) is 2.93. The molecular formula is C21H19FN2O5. The van der Waals surface area contributed by atoms with Gasteiger partial charge in [-0.2, -0.15) is 0 Å². The molecule has 29 heavy (non-hydrogen) atoms. The summed E-state index contributed by atoms with van der Waals surface area (Å²) in [6, 6.07) is 8.59. The number of aromatic nitrogens is 1. The molecule has 2 N–H and O–H groups in total. The molecule has 0 saturated heterocycles. The summed E-state index contributed by atoms with van der Waals surface area (Å²) in [5.41, 5.74) is 1.01. The topological polar surface area (TPSA) is 101 Å². The lowest BCUT2D eigenvalue weighted by Gasteiger charge is -2.08. The van der Waals surface area contributed by atoms with Crippen LogP contribution in [0.15, 0.2) is 47.1 Å². The van der Waals surface area contributed by atoms with Crippen LogP contribution >= 0.6 is 0 Å². The molecule has 0 unspecified atom stereocenters. The first-order valence-electron chi connectivity index (χ1n) is 8.92. The fraction of sp³-hybridized carbons (Fsp3) is 0.190. The SMILES string of the molecule is CCOC(=O)c1c(C)[nH]c(C(=O)C(=O)NCc2ccco2)c1-c1ccc(F)cc1. The quantitative estimate of drug-likeness (QED) is 0.361. The molecule has 3 aromatic rings. The second kappa shape index (κ2) is 8.55. The van der Waals surface area contributed by atoms with Gasteiger partial charge in [-0.3, -0.25) is 9.59 Å². The summed E-state index contributed by atoms with van der Waals surface area (Å²) in [7, 11) is 0. The van der Waals surface area contributed by atoms with Crippen molar-refractivity contribution in [1.82, 2.24) is 10.3 Å². The van der Waals surface area contributed by atoms with Gasteiger partial charge in [-0.1, -0.05) is 12.1 Å². The summed E-state index contributed by atoms with van der Waals surface area (Å²) in [4.78, 5) is 40.5. The third-order valence-corrected chi connectivity index (χ3v) is 4.24. The Morgan fingerprint density at radius 2 is 1.90 bits per heavy atom. The van der Waals surface area contributed by atoms with Gasteiger partial charge in [-0.05, 0) is 43.7 Å². The molecule has 0 aliphatic carbocycles. The van der Waals surface area contributed by atoms with Gasteiger partial charge in [0.2, 0.25) is 0 Å². The van der Waals surface area contributed by atoms with Gasteiger partial charge in [0, 0.05) is 11.3 Å². The summed E-state index contributed by atoms with van der Waals surface area (Å²) in [5, 5.41) is 2.48. The Kier molecular flexibility index (Phi) is 5.92. The van der Waals surface area contributed by atoms with Crippen LogP contribution in [0.2, 0.25) is 0 Å². The van der Waals surface area contributed by atoms with Gasteiger partial charge in [0.1, 0.15) is 17.3 Å². The molecule has 0 radical (unpaired) electrons. The van der Waals surface area contributed by atoms with Crippen LogP contribution in [-0.2, 0) is 16.1 Å². The van der Waals surface area contributed by atoms with Gasteiger partial charge in [0.15, 0.2) is 0 Å². The molecule has 3 rings (SSSR count). The van der Waals surface area contributed by atoms with Gasteiger partial charge in [-0.15, -0.1) is 0 Å². The molecule has 0 bridgehead atoms. The van der Waals surface area contributed by atoms with E-state index in [0.29, 0.717) is 17.0 Å². The Bertz CT molecular complexity index is 1040. The van der Waals surface area contributed by atoms with Gasteiger partial charge < -0.3 is 19.5 Å². The number of esters is 1. The molecule has 0 fully saturated rings. The van der Waals surface area contributed by atoms with Crippen molar-refractivity contribution in [1.29, 1.82) is 0 Å². The average molecular weight is 398 g/mol. The number of aromatic amines is 1. The van der Waals surface area contributed by atoms with E-state index in [1.165, 1.54) is 30.5 Å². The Balaban J connectivity index is 1.99. The zero-order chi connectivity index (χ0) is 21.0. The third kappa shape index (κ3) is 4.26. The van der Waals surface area contributed by atoms with Crippen molar-refractivity contribution < 1.29 is 27.9 Å². The molecule has 7 nitrogen and oxygen atoms in total. The highest BCUT2D eigenvalue weighted by Crippen LogP contribution is 2.31. The molecule has 1 amide bonds. The van der Waals surface area contributed by atoms with Crippen LogP contribution < -0.4 is 5.32 Å². The second-order valence-corrected chi connectivity index (χ2v) is 6.19. The number of halogens is 1. The van der Waals surface area contributed by atoms with Gasteiger partial charge >= 0.3 is 5.97 Å². The number of carbonyl (C=O) groups is 3. The van der Waals surface area contributed by atoms with Gasteiger partial charge in [-0.25, -0.2) is 9.18 Å². The Hall–Kier alpha value is -3.68. The number of rotatable bonds is 7. The molecule has 0 aliphatic heterocycles. The fourth-order valence-corrected chi connectivity index (χ4v) is 2.93. The maximum Gasteiger partial charge on any atom is 0.340 e. The number of nitrogens with one attached hydrogen (secondary N) is 2. The molecule has 2 heterocycles. The van der Waals surface area contributed by atoms with E-state index in [1.54, 1.807) is 26.0 Å². The van der Waals surface area contributed by atoms with E-state index in [9.17, 15) is 18.8 Å². The Labute approximate surface area is 165 Å². The van der Waals surface area contributed by atoms with E-state index in [2.05, 4.69) is 10.3 Å². The minimum Gasteiger partial charge on any atom is -0.467 e. The van der Waals surface area contributed by atoms with Crippen LogP contribution in [0.3, 0.4) is 0 Å². The molecule has 8 heteroatoms. The lowest BCUT2D eigenvalue weighted by molar-refractivity contribution is -0.117. The number of benzene rings is 1. The highest BCUT2D eigenvalue weighted by molar-refractivity contribution is 6.43. The van der Waals surface area contributed by atoms with Crippen molar-refractivity contribution >= 4 is 17.7 Å². The van der Waals surface area contributed by atoms with E-state index in [1.807, 2.05) is 0 Å². The smallest absolute Gasteiger partial charge is 0.340 e. The Morgan fingerprint density at radius 1 is 1.17 bits per heavy atom. The maximum atomic E-state index is 13.4. The summed E-state index contributed by atoms with van der Waals surface area (Å²) in [5.74, 6) is -2.37. The van der Waals surface area contributed by atoms with E-state index in [0.717, 1.165) is 0 Å². The minimum absolute atomic E-state index is 0.0356. The molecule has 0 atom stereocenters. The summed E-state index contributed by atoms with van der Waals surface area (Å²) < 4.78 is 23.6. The molecule has 2 aromatic heterocycles. The first-order chi connectivity index (χ1) is 13.9. The maximum absolute atomic E-state index is 13.4. The highest BCUT2D eigenvalue weighted by Gasteiger charge is 2.29. The summed E-state index contributed by atoms with van der Waals surface area (Å²) >= 11 is 0. The number of Topliss-reactive ketones (excluding diaryl/α,β-unsaturated/α-hetero) is 1. The number of carbonyl (C=O) groups excluding carboxylic acids is 3. The molecule has 150 valence electrons. The number of amides is 1. The third-order valence-electron chi connectivity index (χ3n) is 4.24. The largest absolute Gasteiger partial charge is 0.467 e. The van der Waals surface area contributed by atoms with Gasteiger partial charge in [0.05, 0.1) is 25.0 Å². The molecule has 1 aromatic carbocycles. The molecular weight excluding hydrogens is 379 g/mol. The van der Waals surface area contributed by atoms with Crippen LogP contribution in [0.4, 0.5) is 4.39 Å². The average Bonchev–Trinajstić information content (AvgIpc) is 3.34. The van der Waals surface area contributed by atoms with Crippen LogP contribution in [-0.4, -0.2) is 29.3 Å². The molecule has 0 saturated carbocycles. The lowest BCUT2D eigenvalue weighted by atomic mass is 9.98. The van der Waals surface area contributed by atoms with Crippen molar-refractivity contribution in [2.45, 2.75) is 20.4 Å². The number of furan rings is 1. The normalized spacial score (nSPS) is 10.6. The summed E-state index contributed by atoms with van der Waals surface area (Å²) in [6.45, 7) is 3.43. The Morgan fingerprint density at radius 3 is 2.52 bits per heavy atom. The highest BCUT2D eigenvalue weighted by atomic mass is 19.1. The minimum atomic E-state index is -0.874. The predicted octanol–water partition coefficient (Wildman–Crippen LogP) is 3.40. The van der Waals surface area contributed by atoms with Crippen molar-refractivity contribution in [3.63, 3.8) is 0 Å². The van der Waals surface area contributed by atoms with Crippen molar-refractivity contribution in [2.75, 3.05) is 6.61 Å². The lowest BCUT2D eigenvalue weighted by Crippen LogP contribution is -2.31. The van der Waals surface area contributed by atoms with Gasteiger partial charge in [0.25, 0.3) is 11.7 Å². The standard InChI is InChI=1S/C21H19FN2O5/c1-3-28-21(27)16-12(2)24-18(17(16)13-6-8-14(22)9-7-13)19(25)20(26)23-11-15-5-4-10-29-15/h4-10,24H,3,11H2,1-2H3,(H,23,26). The van der Waals surface area contributed by atoms with Crippen LogP contribution in [0.5, 0.6) is 0 Å². The van der Waals surface area contributed by atoms with E-state index in [4.69, 9.17) is 9.15 Å².